The van der Waals surface area contributed by atoms with Gasteiger partial charge in [-0.05, 0) is 0 Å². The average molecular weight is 165 g/mol. The Hall–Kier alpha value is -0.970. The summed E-state index contributed by atoms with van der Waals surface area (Å²) < 4.78 is 4.46. The lowest BCUT2D eigenvalue weighted by Gasteiger charge is -1.93. The average Bonchev–Trinajstić information content (AvgIpc) is 2.14. The van der Waals surface area contributed by atoms with Gasteiger partial charge in [0.1, 0.15) is 5.88 Å². The molecule has 1 aromatic rings. The summed E-state index contributed by atoms with van der Waals surface area (Å²) in [5.74, 6) is 0.0590. The lowest BCUT2D eigenvalue weighted by molar-refractivity contribution is -0.753. The quantitative estimate of drug-likeness (QED) is 0.560. The Bertz CT molecular complexity index is 199. The normalized spacial score (nSPS) is 8.60. The standard InChI is InChI=1S/C4H8N4O.ClH/c1-7(2)8-3-4(5)9-6-8;/h3,5H,1-2H3;1H. The lowest BCUT2D eigenvalue weighted by atomic mass is 10.8. The second kappa shape index (κ2) is 3.26. The van der Waals surface area contributed by atoms with Gasteiger partial charge in [-0.3, -0.25) is 0 Å². The maximum atomic E-state index is 6.93. The summed E-state index contributed by atoms with van der Waals surface area (Å²) in [7, 11) is 3.62. The highest BCUT2D eigenvalue weighted by Crippen LogP contribution is 2.00. The van der Waals surface area contributed by atoms with Gasteiger partial charge in [-0.15, -0.1) is 12.4 Å². The molecule has 0 aliphatic heterocycles. The molecule has 5 nitrogen and oxygen atoms in total. The smallest absolute Gasteiger partial charge is 0.256 e. The molecule has 0 amide bonds. The molecule has 0 saturated carbocycles. The number of rotatable bonds is 1. The van der Waals surface area contributed by atoms with E-state index in [1.165, 1.54) is 11.0 Å². The zero-order chi connectivity index (χ0) is 6.85. The fraction of sp³-hybridized carbons (Fsp3) is 0.500. The van der Waals surface area contributed by atoms with E-state index in [2.05, 4.69) is 9.79 Å². The van der Waals surface area contributed by atoms with Gasteiger partial charge in [0, 0.05) is 0 Å². The molecule has 0 spiro atoms. The van der Waals surface area contributed by atoms with Gasteiger partial charge in [0.25, 0.3) is 6.20 Å². The Kier molecular flexibility index (Phi) is 2.95. The van der Waals surface area contributed by atoms with Crippen LogP contribution in [0.25, 0.3) is 5.73 Å². The Morgan fingerprint density at radius 2 is 2.30 bits per heavy atom. The molecule has 10 heavy (non-hydrogen) atoms. The Morgan fingerprint density at radius 3 is 2.50 bits per heavy atom. The van der Waals surface area contributed by atoms with Crippen molar-refractivity contribution < 1.29 is 9.31 Å². The molecule has 0 atom stereocenters. The van der Waals surface area contributed by atoms with Crippen LogP contribution < -0.4 is 9.80 Å². The summed E-state index contributed by atoms with van der Waals surface area (Å²) in [5.41, 5.74) is 6.93. The predicted octanol–water partition coefficient (Wildman–Crippen LogP) is 0.265. The minimum atomic E-state index is 0. The monoisotopic (exact) mass is 164 g/mol. The molecular formula is C4H9ClN4O. The fourth-order valence-corrected chi connectivity index (χ4v) is 0.426. The van der Waals surface area contributed by atoms with Crippen LogP contribution in [-0.2, 0) is 0 Å². The van der Waals surface area contributed by atoms with Crippen LogP contribution in [0.1, 0.15) is 0 Å². The Balaban J connectivity index is 0.000000810. The summed E-state index contributed by atoms with van der Waals surface area (Å²) in [6.07, 6.45) is 1.47. The van der Waals surface area contributed by atoms with E-state index in [-0.39, 0.29) is 18.3 Å². The van der Waals surface area contributed by atoms with E-state index >= 15 is 0 Å². The van der Waals surface area contributed by atoms with E-state index in [9.17, 15) is 0 Å². The van der Waals surface area contributed by atoms with E-state index < -0.39 is 0 Å². The van der Waals surface area contributed by atoms with Crippen molar-refractivity contribution >= 4 is 18.3 Å². The van der Waals surface area contributed by atoms with Crippen molar-refractivity contribution in [1.82, 2.24) is 5.27 Å². The predicted molar refractivity (Wildman–Crippen MR) is 38.0 cm³/mol. The number of halogens is 1. The molecule has 0 bridgehead atoms. The van der Waals surface area contributed by atoms with Crippen molar-refractivity contribution in [3.63, 3.8) is 0 Å². The molecule has 0 saturated heterocycles. The molecular weight excluding hydrogens is 156 g/mol. The second-order valence-electron chi connectivity index (χ2n) is 1.83. The third-order valence-corrected chi connectivity index (χ3v) is 0.865. The topological polar surface area (TPSA) is 57.0 Å². The minimum absolute atomic E-state index is 0. The summed E-state index contributed by atoms with van der Waals surface area (Å²) >= 11 is 0. The largest absolute Gasteiger partial charge is 0.660 e. The number of aromatic nitrogens is 2. The summed E-state index contributed by atoms with van der Waals surface area (Å²) in [6.45, 7) is 0. The highest BCUT2D eigenvalue weighted by Gasteiger charge is 2.05. The Morgan fingerprint density at radius 1 is 1.70 bits per heavy atom. The van der Waals surface area contributed by atoms with Crippen molar-refractivity contribution in [3.05, 3.63) is 11.9 Å². The van der Waals surface area contributed by atoms with Gasteiger partial charge in [0.15, 0.2) is 0 Å². The molecule has 1 heterocycles. The molecule has 0 aromatic carbocycles. The molecule has 1 aromatic heterocycles. The Labute approximate surface area is 64.7 Å². The third kappa shape index (κ3) is 1.77. The van der Waals surface area contributed by atoms with Gasteiger partial charge in [-0.1, -0.05) is 0 Å². The zero-order valence-electron chi connectivity index (χ0n) is 5.74. The summed E-state index contributed by atoms with van der Waals surface area (Å²) in [4.78, 5) is 1.43. The van der Waals surface area contributed by atoms with Crippen LogP contribution in [0, 0.1) is 0 Å². The minimum Gasteiger partial charge on any atom is -0.660 e. The first-order chi connectivity index (χ1) is 4.20. The van der Waals surface area contributed by atoms with Gasteiger partial charge in [0.05, 0.1) is 18.9 Å². The van der Waals surface area contributed by atoms with Crippen LogP contribution in [0.4, 0.5) is 5.88 Å². The van der Waals surface area contributed by atoms with Crippen LogP contribution in [0.5, 0.6) is 0 Å². The van der Waals surface area contributed by atoms with Crippen molar-refractivity contribution in [1.29, 1.82) is 0 Å². The first-order valence-electron chi connectivity index (χ1n) is 2.48. The molecule has 0 aliphatic rings. The molecule has 58 valence electrons. The van der Waals surface area contributed by atoms with E-state index in [1.807, 2.05) is 14.1 Å². The summed E-state index contributed by atoms with van der Waals surface area (Å²) in [6, 6.07) is 0. The van der Waals surface area contributed by atoms with Crippen LogP contribution in [0.2, 0.25) is 0 Å². The van der Waals surface area contributed by atoms with Crippen molar-refractivity contribution in [2.75, 3.05) is 19.1 Å². The third-order valence-electron chi connectivity index (χ3n) is 0.865. The van der Waals surface area contributed by atoms with Crippen LogP contribution in [0.3, 0.4) is 0 Å². The molecule has 0 fully saturated rings. The number of hydrogen-bond acceptors (Lipinski definition) is 3. The van der Waals surface area contributed by atoms with E-state index in [1.54, 1.807) is 5.01 Å². The molecule has 1 N–H and O–H groups in total. The molecule has 6 heteroatoms. The number of nitrogens with zero attached hydrogens (tertiary/aromatic N) is 3. The van der Waals surface area contributed by atoms with Crippen LogP contribution >= 0.6 is 12.4 Å². The summed E-state index contributed by atoms with van der Waals surface area (Å²) in [5, 5.41) is 5.19. The molecule has 1 rings (SSSR count). The zero-order valence-corrected chi connectivity index (χ0v) is 6.55. The van der Waals surface area contributed by atoms with Gasteiger partial charge in [-0.2, -0.15) is 5.01 Å². The fourth-order valence-electron chi connectivity index (χ4n) is 0.426. The van der Waals surface area contributed by atoms with Gasteiger partial charge >= 0.3 is 0 Å². The van der Waals surface area contributed by atoms with Gasteiger partial charge < -0.3 is 10.3 Å². The van der Waals surface area contributed by atoms with E-state index in [0.717, 1.165) is 0 Å². The first-order valence-corrected chi connectivity index (χ1v) is 2.48. The van der Waals surface area contributed by atoms with E-state index in [4.69, 9.17) is 5.73 Å². The van der Waals surface area contributed by atoms with Gasteiger partial charge in [0.2, 0.25) is 5.27 Å². The maximum Gasteiger partial charge on any atom is 0.256 e. The van der Waals surface area contributed by atoms with Crippen molar-refractivity contribution in [2.24, 2.45) is 0 Å². The molecule has 0 unspecified atom stereocenters. The maximum absolute atomic E-state index is 6.93. The van der Waals surface area contributed by atoms with Crippen LogP contribution in [0.15, 0.2) is 10.7 Å². The van der Waals surface area contributed by atoms with Gasteiger partial charge in [-0.25, -0.2) is 0 Å². The highest BCUT2D eigenvalue weighted by atomic mass is 35.5. The molecule has 0 radical (unpaired) electrons. The number of nitrogens with one attached hydrogen (secondary N) is 1. The van der Waals surface area contributed by atoms with Crippen LogP contribution in [-0.4, -0.2) is 19.4 Å². The first kappa shape index (κ1) is 9.03. The SMILES string of the molecule is CN(C)[n+]1cc([NH-])on1.Cl. The molecule has 0 aliphatic carbocycles. The second-order valence-corrected chi connectivity index (χ2v) is 1.83. The van der Waals surface area contributed by atoms with Crippen molar-refractivity contribution in [3.8, 4) is 0 Å². The van der Waals surface area contributed by atoms with E-state index in [0.29, 0.717) is 0 Å². The highest BCUT2D eigenvalue weighted by molar-refractivity contribution is 5.85. The number of hydrogen-bond donors (Lipinski definition) is 0. The van der Waals surface area contributed by atoms with Crippen molar-refractivity contribution in [2.45, 2.75) is 0 Å². The lowest BCUT2D eigenvalue weighted by Crippen LogP contribution is -2.53.